The van der Waals surface area contributed by atoms with Crippen LogP contribution in [0.1, 0.15) is 29.6 Å². The maximum absolute atomic E-state index is 11.2. The number of anilines is 3. The van der Waals surface area contributed by atoms with E-state index >= 15 is 0 Å². The van der Waals surface area contributed by atoms with E-state index < -0.39 is 5.91 Å². The Bertz CT molecular complexity index is 897. The van der Waals surface area contributed by atoms with Crippen molar-refractivity contribution in [3.8, 4) is 0 Å². The minimum absolute atomic E-state index is 0.448. The molecule has 0 aliphatic carbocycles. The topological polar surface area (TPSA) is 101 Å². The average Bonchev–Trinajstić information content (AvgIpc) is 3.12. The molecule has 0 bridgehead atoms. The molecule has 1 fully saturated rings. The first-order valence-corrected chi connectivity index (χ1v) is 8.34. The van der Waals surface area contributed by atoms with Gasteiger partial charge in [0.2, 0.25) is 11.9 Å². The standard InChI is InChI=1S/C17H19N7O/c18-14(25)12-4-6-13(7-5-12)20-15-16-19-8-11-24(16)22-17(21-15)23-9-2-1-3-10-23/h4-8,11H,1-3,9-10H2,(H2,18,25)(H,20,21,22). The highest BCUT2D eigenvalue weighted by molar-refractivity contribution is 5.93. The van der Waals surface area contributed by atoms with Crippen molar-refractivity contribution >= 4 is 29.0 Å². The number of carbonyl (C=O) groups is 1. The molecule has 1 aromatic carbocycles. The minimum Gasteiger partial charge on any atom is -0.366 e. The van der Waals surface area contributed by atoms with Gasteiger partial charge in [0.1, 0.15) is 0 Å². The Morgan fingerprint density at radius 3 is 2.60 bits per heavy atom. The molecule has 1 aliphatic rings. The van der Waals surface area contributed by atoms with Crippen molar-refractivity contribution in [1.29, 1.82) is 0 Å². The summed E-state index contributed by atoms with van der Waals surface area (Å²) in [5.41, 5.74) is 7.20. The van der Waals surface area contributed by atoms with E-state index in [0.29, 0.717) is 23.0 Å². The number of nitrogens with two attached hydrogens (primary N) is 1. The van der Waals surface area contributed by atoms with Crippen LogP contribution in [0.3, 0.4) is 0 Å². The molecule has 3 N–H and O–H groups in total. The largest absolute Gasteiger partial charge is 0.366 e. The number of aromatic nitrogens is 4. The summed E-state index contributed by atoms with van der Waals surface area (Å²) in [5.74, 6) is 0.880. The molecule has 0 atom stereocenters. The van der Waals surface area contributed by atoms with Crippen LogP contribution in [0, 0.1) is 0 Å². The Kier molecular flexibility index (Phi) is 3.93. The SMILES string of the molecule is NC(=O)c1ccc(Nc2nc(N3CCCCC3)nn3ccnc23)cc1. The van der Waals surface area contributed by atoms with Gasteiger partial charge in [0, 0.05) is 36.7 Å². The van der Waals surface area contributed by atoms with Crippen LogP contribution in [0.4, 0.5) is 17.5 Å². The molecule has 3 heterocycles. The molecule has 128 valence electrons. The fraction of sp³-hybridized carbons (Fsp3) is 0.294. The number of carbonyl (C=O) groups excluding carboxylic acids is 1. The van der Waals surface area contributed by atoms with Crippen molar-refractivity contribution in [3.63, 3.8) is 0 Å². The zero-order valence-corrected chi connectivity index (χ0v) is 13.7. The van der Waals surface area contributed by atoms with Gasteiger partial charge in [0.25, 0.3) is 0 Å². The van der Waals surface area contributed by atoms with E-state index in [2.05, 4.69) is 25.3 Å². The molecule has 0 saturated carbocycles. The Labute approximate surface area is 144 Å². The van der Waals surface area contributed by atoms with Gasteiger partial charge in [-0.1, -0.05) is 0 Å². The lowest BCUT2D eigenvalue weighted by Gasteiger charge is -2.26. The summed E-state index contributed by atoms with van der Waals surface area (Å²) in [5, 5.41) is 7.83. The Morgan fingerprint density at radius 1 is 1.12 bits per heavy atom. The quantitative estimate of drug-likeness (QED) is 0.754. The molecule has 4 rings (SSSR count). The molecule has 0 unspecified atom stereocenters. The minimum atomic E-state index is -0.448. The summed E-state index contributed by atoms with van der Waals surface area (Å²) >= 11 is 0. The average molecular weight is 337 g/mol. The smallest absolute Gasteiger partial charge is 0.248 e. The molecule has 25 heavy (non-hydrogen) atoms. The summed E-state index contributed by atoms with van der Waals surface area (Å²) in [6, 6.07) is 6.95. The summed E-state index contributed by atoms with van der Waals surface area (Å²) in [7, 11) is 0. The van der Waals surface area contributed by atoms with E-state index in [9.17, 15) is 4.79 Å². The number of benzene rings is 1. The first-order chi connectivity index (χ1) is 12.2. The van der Waals surface area contributed by atoms with Gasteiger partial charge in [0.05, 0.1) is 0 Å². The second-order valence-electron chi connectivity index (χ2n) is 6.07. The Morgan fingerprint density at radius 2 is 1.88 bits per heavy atom. The zero-order chi connectivity index (χ0) is 17.2. The summed E-state index contributed by atoms with van der Waals surface area (Å²) < 4.78 is 1.73. The van der Waals surface area contributed by atoms with Crippen LogP contribution in [0.25, 0.3) is 5.65 Å². The number of hydrogen-bond acceptors (Lipinski definition) is 6. The predicted molar refractivity (Wildman–Crippen MR) is 95.1 cm³/mol. The molecular weight excluding hydrogens is 318 g/mol. The van der Waals surface area contributed by atoms with E-state index in [1.165, 1.54) is 6.42 Å². The van der Waals surface area contributed by atoms with Crippen molar-refractivity contribution < 1.29 is 4.79 Å². The summed E-state index contributed by atoms with van der Waals surface area (Å²) in [4.78, 5) is 22.4. The van der Waals surface area contributed by atoms with Crippen LogP contribution in [-0.4, -0.2) is 38.6 Å². The van der Waals surface area contributed by atoms with Crippen LogP contribution >= 0.6 is 0 Å². The number of primary amides is 1. The van der Waals surface area contributed by atoms with Gasteiger partial charge in [-0.3, -0.25) is 4.79 Å². The van der Waals surface area contributed by atoms with E-state index in [1.54, 1.807) is 35.0 Å². The van der Waals surface area contributed by atoms with Crippen molar-refractivity contribution in [2.75, 3.05) is 23.3 Å². The second-order valence-corrected chi connectivity index (χ2v) is 6.07. The van der Waals surface area contributed by atoms with Gasteiger partial charge < -0.3 is 16.0 Å². The molecule has 2 aromatic heterocycles. The molecule has 1 aliphatic heterocycles. The van der Waals surface area contributed by atoms with Crippen molar-refractivity contribution in [2.24, 2.45) is 5.73 Å². The van der Waals surface area contributed by atoms with Crippen LogP contribution in [0.2, 0.25) is 0 Å². The normalized spacial score (nSPS) is 14.6. The van der Waals surface area contributed by atoms with Gasteiger partial charge >= 0.3 is 0 Å². The Balaban J connectivity index is 1.67. The fourth-order valence-corrected chi connectivity index (χ4v) is 2.98. The third kappa shape index (κ3) is 3.10. The molecule has 1 saturated heterocycles. The highest BCUT2D eigenvalue weighted by Crippen LogP contribution is 2.23. The number of fused-ring (bicyclic) bond motifs is 1. The molecule has 8 heteroatoms. The first-order valence-electron chi connectivity index (χ1n) is 8.34. The van der Waals surface area contributed by atoms with Crippen LogP contribution in [-0.2, 0) is 0 Å². The molecule has 3 aromatic rings. The van der Waals surface area contributed by atoms with Crippen molar-refractivity contribution in [2.45, 2.75) is 19.3 Å². The van der Waals surface area contributed by atoms with Gasteiger partial charge in [0.15, 0.2) is 11.5 Å². The van der Waals surface area contributed by atoms with Crippen molar-refractivity contribution in [3.05, 3.63) is 42.2 Å². The predicted octanol–water partition coefficient (Wildman–Crippen LogP) is 1.96. The van der Waals surface area contributed by atoms with Crippen LogP contribution < -0.4 is 16.0 Å². The van der Waals surface area contributed by atoms with Gasteiger partial charge in [-0.2, -0.15) is 4.98 Å². The lowest BCUT2D eigenvalue weighted by Crippen LogP contribution is -2.31. The summed E-state index contributed by atoms with van der Waals surface area (Å²) in [6.45, 7) is 1.93. The van der Waals surface area contributed by atoms with Gasteiger partial charge in [-0.15, -0.1) is 5.10 Å². The van der Waals surface area contributed by atoms with Crippen molar-refractivity contribution in [1.82, 2.24) is 19.6 Å². The van der Waals surface area contributed by atoms with E-state index in [4.69, 9.17) is 5.73 Å². The number of rotatable bonds is 4. The number of amides is 1. The van der Waals surface area contributed by atoms with Crippen LogP contribution in [0.5, 0.6) is 0 Å². The summed E-state index contributed by atoms with van der Waals surface area (Å²) in [6.07, 6.45) is 7.07. The molecule has 8 nitrogen and oxygen atoms in total. The highest BCUT2D eigenvalue weighted by Gasteiger charge is 2.17. The van der Waals surface area contributed by atoms with E-state index in [1.807, 2.05) is 6.20 Å². The lowest BCUT2D eigenvalue weighted by atomic mass is 10.1. The van der Waals surface area contributed by atoms with Crippen LogP contribution in [0.15, 0.2) is 36.7 Å². The molecular formula is C17H19N7O. The number of hydrogen-bond donors (Lipinski definition) is 2. The number of imidazole rings is 1. The maximum Gasteiger partial charge on any atom is 0.248 e. The Hall–Kier alpha value is -3.16. The second kappa shape index (κ2) is 6.39. The molecule has 0 radical (unpaired) electrons. The molecule has 0 spiro atoms. The highest BCUT2D eigenvalue weighted by atomic mass is 16.1. The zero-order valence-electron chi connectivity index (χ0n) is 13.7. The number of nitrogens with one attached hydrogen (secondary N) is 1. The number of nitrogens with zero attached hydrogens (tertiary/aromatic N) is 5. The van der Waals surface area contributed by atoms with E-state index in [-0.39, 0.29) is 0 Å². The maximum atomic E-state index is 11.2. The first kappa shape index (κ1) is 15.4. The fourth-order valence-electron chi connectivity index (χ4n) is 2.98. The van der Waals surface area contributed by atoms with Gasteiger partial charge in [-0.25, -0.2) is 9.50 Å². The van der Waals surface area contributed by atoms with Gasteiger partial charge in [-0.05, 0) is 43.5 Å². The van der Waals surface area contributed by atoms with E-state index in [0.717, 1.165) is 31.6 Å². The monoisotopic (exact) mass is 337 g/mol. The third-order valence-corrected chi connectivity index (χ3v) is 4.31. The number of piperidine rings is 1. The lowest BCUT2D eigenvalue weighted by molar-refractivity contribution is 0.100. The molecule has 1 amide bonds. The third-order valence-electron chi connectivity index (χ3n) is 4.31.